The SMILES string of the molecule is Nc1ccc(Cl)c(C(=O)OC2CCOCC2)c1. The van der Waals surface area contributed by atoms with Gasteiger partial charge in [-0.1, -0.05) is 11.6 Å². The number of hydrogen-bond acceptors (Lipinski definition) is 4. The Labute approximate surface area is 105 Å². The van der Waals surface area contributed by atoms with Gasteiger partial charge in [0.25, 0.3) is 0 Å². The first kappa shape index (κ1) is 12.2. The first-order valence-corrected chi connectivity index (χ1v) is 5.88. The summed E-state index contributed by atoms with van der Waals surface area (Å²) in [5.74, 6) is -0.422. The van der Waals surface area contributed by atoms with E-state index in [4.69, 9.17) is 26.8 Å². The zero-order valence-corrected chi connectivity index (χ0v) is 10.1. The summed E-state index contributed by atoms with van der Waals surface area (Å²) in [6.07, 6.45) is 1.37. The molecule has 4 nitrogen and oxygen atoms in total. The highest BCUT2D eigenvalue weighted by atomic mass is 35.5. The molecule has 1 fully saturated rings. The summed E-state index contributed by atoms with van der Waals surface area (Å²) in [4.78, 5) is 11.9. The maximum atomic E-state index is 11.9. The van der Waals surface area contributed by atoms with Gasteiger partial charge in [0, 0.05) is 18.5 Å². The summed E-state index contributed by atoms with van der Waals surface area (Å²) in [7, 11) is 0. The topological polar surface area (TPSA) is 61.6 Å². The maximum Gasteiger partial charge on any atom is 0.340 e. The summed E-state index contributed by atoms with van der Waals surface area (Å²) in [6, 6.07) is 4.77. The zero-order chi connectivity index (χ0) is 12.3. The Hall–Kier alpha value is -1.26. The Morgan fingerprint density at radius 2 is 2.12 bits per heavy atom. The van der Waals surface area contributed by atoms with E-state index in [1.54, 1.807) is 12.1 Å². The predicted molar refractivity (Wildman–Crippen MR) is 65.1 cm³/mol. The van der Waals surface area contributed by atoms with Crippen molar-refractivity contribution in [3.05, 3.63) is 28.8 Å². The van der Waals surface area contributed by atoms with Gasteiger partial charge in [0.05, 0.1) is 23.8 Å². The molecule has 5 heteroatoms. The van der Waals surface area contributed by atoms with Crippen LogP contribution in [0.4, 0.5) is 5.69 Å². The van der Waals surface area contributed by atoms with Crippen molar-refractivity contribution < 1.29 is 14.3 Å². The smallest absolute Gasteiger partial charge is 0.340 e. The molecule has 1 aliphatic rings. The highest BCUT2D eigenvalue weighted by molar-refractivity contribution is 6.33. The van der Waals surface area contributed by atoms with E-state index in [0.29, 0.717) is 29.5 Å². The summed E-state index contributed by atoms with van der Waals surface area (Å²) in [5.41, 5.74) is 6.42. The molecule has 0 saturated carbocycles. The first-order chi connectivity index (χ1) is 8.16. The second-order valence-electron chi connectivity index (χ2n) is 3.96. The van der Waals surface area contributed by atoms with Gasteiger partial charge in [-0.2, -0.15) is 0 Å². The normalized spacial score (nSPS) is 16.8. The predicted octanol–water partition coefficient (Wildman–Crippen LogP) is 2.26. The average Bonchev–Trinajstić information content (AvgIpc) is 2.33. The number of carbonyl (C=O) groups is 1. The second kappa shape index (κ2) is 5.38. The van der Waals surface area contributed by atoms with E-state index < -0.39 is 5.97 Å². The number of benzene rings is 1. The van der Waals surface area contributed by atoms with E-state index in [2.05, 4.69) is 0 Å². The molecule has 0 radical (unpaired) electrons. The molecular formula is C12H14ClNO3. The highest BCUT2D eigenvalue weighted by Gasteiger charge is 2.20. The lowest BCUT2D eigenvalue weighted by molar-refractivity contribution is -0.0159. The molecule has 0 aromatic heterocycles. The molecular weight excluding hydrogens is 242 g/mol. The van der Waals surface area contributed by atoms with Crippen molar-refractivity contribution in [2.24, 2.45) is 0 Å². The number of nitrogen functional groups attached to an aromatic ring is 1. The lowest BCUT2D eigenvalue weighted by Gasteiger charge is -2.22. The van der Waals surface area contributed by atoms with Crippen LogP contribution in [0.15, 0.2) is 18.2 Å². The molecule has 92 valence electrons. The number of ether oxygens (including phenoxy) is 2. The van der Waals surface area contributed by atoms with E-state index >= 15 is 0 Å². The fraction of sp³-hybridized carbons (Fsp3) is 0.417. The molecule has 0 bridgehead atoms. The lowest BCUT2D eigenvalue weighted by atomic mass is 10.1. The van der Waals surface area contributed by atoms with Crippen LogP contribution in [0.1, 0.15) is 23.2 Å². The van der Waals surface area contributed by atoms with Crippen LogP contribution in [0.5, 0.6) is 0 Å². The zero-order valence-electron chi connectivity index (χ0n) is 9.32. The fourth-order valence-electron chi connectivity index (χ4n) is 1.71. The maximum absolute atomic E-state index is 11.9. The van der Waals surface area contributed by atoms with Crippen molar-refractivity contribution in [1.29, 1.82) is 0 Å². The van der Waals surface area contributed by atoms with Crippen LogP contribution in [0.2, 0.25) is 5.02 Å². The standard InChI is InChI=1S/C12H14ClNO3/c13-11-2-1-8(14)7-10(11)12(15)17-9-3-5-16-6-4-9/h1-2,7,9H,3-6,14H2. The van der Waals surface area contributed by atoms with Crippen LogP contribution < -0.4 is 5.73 Å². The van der Waals surface area contributed by atoms with Crippen LogP contribution in [-0.2, 0) is 9.47 Å². The summed E-state index contributed by atoms with van der Waals surface area (Å²) in [5, 5.41) is 0.358. The molecule has 0 atom stereocenters. The summed E-state index contributed by atoms with van der Waals surface area (Å²) >= 11 is 5.93. The number of halogens is 1. The summed E-state index contributed by atoms with van der Waals surface area (Å²) < 4.78 is 10.5. The first-order valence-electron chi connectivity index (χ1n) is 5.50. The van der Waals surface area contributed by atoms with Crippen molar-refractivity contribution in [2.75, 3.05) is 18.9 Å². The second-order valence-corrected chi connectivity index (χ2v) is 4.36. The van der Waals surface area contributed by atoms with Gasteiger partial charge in [-0.05, 0) is 18.2 Å². The van der Waals surface area contributed by atoms with E-state index in [-0.39, 0.29) is 6.10 Å². The Kier molecular flexibility index (Phi) is 3.86. The quantitative estimate of drug-likeness (QED) is 0.650. The van der Waals surface area contributed by atoms with Crippen LogP contribution >= 0.6 is 11.6 Å². The van der Waals surface area contributed by atoms with E-state index in [0.717, 1.165) is 12.8 Å². The molecule has 0 aliphatic carbocycles. The van der Waals surface area contributed by atoms with Crippen LogP contribution in [0, 0.1) is 0 Å². The van der Waals surface area contributed by atoms with Crippen molar-refractivity contribution in [1.82, 2.24) is 0 Å². The monoisotopic (exact) mass is 255 g/mol. The average molecular weight is 256 g/mol. The molecule has 0 spiro atoms. The number of carbonyl (C=O) groups excluding carboxylic acids is 1. The summed E-state index contributed by atoms with van der Waals surface area (Å²) in [6.45, 7) is 1.26. The Bertz CT molecular complexity index is 416. The minimum absolute atomic E-state index is 0.0891. The largest absolute Gasteiger partial charge is 0.459 e. The third-order valence-corrected chi connectivity index (χ3v) is 2.98. The number of rotatable bonds is 2. The van der Waals surface area contributed by atoms with Gasteiger partial charge in [0.2, 0.25) is 0 Å². The third kappa shape index (κ3) is 3.11. The van der Waals surface area contributed by atoms with Crippen molar-refractivity contribution in [3.8, 4) is 0 Å². The Morgan fingerprint density at radius 1 is 1.41 bits per heavy atom. The van der Waals surface area contributed by atoms with Gasteiger partial charge in [0.15, 0.2) is 0 Å². The van der Waals surface area contributed by atoms with Crippen molar-refractivity contribution in [3.63, 3.8) is 0 Å². The van der Waals surface area contributed by atoms with Crippen molar-refractivity contribution in [2.45, 2.75) is 18.9 Å². The number of nitrogens with two attached hydrogens (primary N) is 1. The molecule has 17 heavy (non-hydrogen) atoms. The number of anilines is 1. The molecule has 1 aliphatic heterocycles. The number of hydrogen-bond donors (Lipinski definition) is 1. The van der Waals surface area contributed by atoms with Gasteiger partial charge in [-0.15, -0.1) is 0 Å². The van der Waals surface area contributed by atoms with Gasteiger partial charge >= 0.3 is 5.97 Å². The molecule has 1 heterocycles. The molecule has 2 rings (SSSR count). The molecule has 1 saturated heterocycles. The molecule has 1 aromatic rings. The van der Waals surface area contributed by atoms with Gasteiger partial charge in [-0.3, -0.25) is 0 Å². The van der Waals surface area contributed by atoms with E-state index in [1.807, 2.05) is 0 Å². The third-order valence-electron chi connectivity index (χ3n) is 2.65. The molecule has 0 unspecified atom stereocenters. The van der Waals surface area contributed by atoms with Crippen molar-refractivity contribution >= 4 is 23.3 Å². The van der Waals surface area contributed by atoms with Gasteiger partial charge < -0.3 is 15.2 Å². The number of esters is 1. The van der Waals surface area contributed by atoms with Crippen LogP contribution in [-0.4, -0.2) is 25.3 Å². The van der Waals surface area contributed by atoms with Gasteiger partial charge in [0.1, 0.15) is 6.10 Å². The van der Waals surface area contributed by atoms with Gasteiger partial charge in [-0.25, -0.2) is 4.79 Å². The molecule has 1 aromatic carbocycles. The minimum atomic E-state index is -0.422. The molecule has 0 amide bonds. The Balaban J connectivity index is 2.05. The highest BCUT2D eigenvalue weighted by Crippen LogP contribution is 2.21. The molecule has 2 N–H and O–H groups in total. The minimum Gasteiger partial charge on any atom is -0.459 e. The fourth-order valence-corrected chi connectivity index (χ4v) is 1.90. The van der Waals surface area contributed by atoms with E-state index in [9.17, 15) is 4.79 Å². The van der Waals surface area contributed by atoms with Crippen LogP contribution in [0.3, 0.4) is 0 Å². The van der Waals surface area contributed by atoms with Crippen LogP contribution in [0.25, 0.3) is 0 Å². The Morgan fingerprint density at radius 3 is 2.82 bits per heavy atom. The lowest BCUT2D eigenvalue weighted by Crippen LogP contribution is -2.26. The van der Waals surface area contributed by atoms with E-state index in [1.165, 1.54) is 6.07 Å².